The Kier molecular flexibility index (Phi) is 10.5. The van der Waals surface area contributed by atoms with Crippen LogP contribution in [0.5, 0.6) is 0 Å². The first-order valence-electron chi connectivity index (χ1n) is 8.27. The molecule has 2 heterocycles. The highest BCUT2D eigenvalue weighted by Crippen LogP contribution is 2.42. The molecule has 3 atom stereocenters. The van der Waals surface area contributed by atoms with Gasteiger partial charge in [-0.2, -0.15) is 0 Å². The topological polar surface area (TPSA) is 15.6 Å². The molecule has 4 heteroatoms. The smallest absolute Gasteiger partial charge is 0.159 e. The van der Waals surface area contributed by atoms with Gasteiger partial charge in [-0.15, -0.1) is 0 Å². The van der Waals surface area contributed by atoms with Crippen LogP contribution in [-0.2, 0) is 0 Å². The fourth-order valence-corrected chi connectivity index (χ4v) is 4.33. The van der Waals surface area contributed by atoms with Crippen LogP contribution in [0.2, 0.25) is 0 Å². The fourth-order valence-electron chi connectivity index (χ4n) is 3.64. The normalized spacial score (nSPS) is 30.4. The molecule has 0 N–H and O–H groups in total. The zero-order valence-electron chi connectivity index (χ0n) is 14.1. The first kappa shape index (κ1) is 19.9. The van der Waals surface area contributed by atoms with Gasteiger partial charge in [-0.05, 0) is 31.4 Å². The second-order valence-electron chi connectivity index (χ2n) is 5.09. The number of thioether (sulfide) groups is 1. The van der Waals surface area contributed by atoms with Crippen molar-refractivity contribution in [2.45, 2.75) is 78.3 Å². The summed E-state index contributed by atoms with van der Waals surface area (Å²) in [5.74, 6) is 0.982. The molecule has 20 heavy (non-hydrogen) atoms. The SMILES string of the molecule is CC.CC.CSC1=NCC2C[C@@H]3CCCCC[C@H]3N12.[B]. The van der Waals surface area contributed by atoms with E-state index in [0.717, 1.165) is 24.5 Å². The van der Waals surface area contributed by atoms with Crippen molar-refractivity contribution in [1.29, 1.82) is 0 Å². The highest BCUT2D eigenvalue weighted by atomic mass is 32.2. The van der Waals surface area contributed by atoms with Gasteiger partial charge in [-0.1, -0.05) is 58.7 Å². The molecule has 1 saturated carbocycles. The lowest BCUT2D eigenvalue weighted by molar-refractivity contribution is 0.300. The van der Waals surface area contributed by atoms with Gasteiger partial charge in [0.2, 0.25) is 0 Å². The third-order valence-electron chi connectivity index (χ3n) is 4.29. The Morgan fingerprint density at radius 2 is 1.70 bits per heavy atom. The van der Waals surface area contributed by atoms with E-state index in [1.54, 1.807) is 0 Å². The maximum atomic E-state index is 4.67. The minimum Gasteiger partial charge on any atom is -0.343 e. The minimum absolute atomic E-state index is 0. The molecule has 1 saturated heterocycles. The quantitative estimate of drug-likeness (QED) is 0.615. The van der Waals surface area contributed by atoms with E-state index >= 15 is 0 Å². The lowest BCUT2D eigenvalue weighted by atomic mass is 9.94. The molecule has 0 amide bonds. The molecule has 0 aromatic carbocycles. The monoisotopic (exact) mass is 295 g/mol. The Hall–Kier alpha value is -0.115. The predicted molar refractivity (Wildman–Crippen MR) is 94.9 cm³/mol. The summed E-state index contributed by atoms with van der Waals surface area (Å²) in [5.41, 5.74) is 0. The van der Waals surface area contributed by atoms with Gasteiger partial charge in [0.25, 0.3) is 0 Å². The average Bonchev–Trinajstić information content (AvgIpc) is 2.95. The van der Waals surface area contributed by atoms with Crippen molar-refractivity contribution in [1.82, 2.24) is 4.90 Å². The van der Waals surface area contributed by atoms with Crippen LogP contribution >= 0.6 is 11.8 Å². The van der Waals surface area contributed by atoms with Crippen LogP contribution in [0, 0.1) is 5.92 Å². The lowest BCUT2D eigenvalue weighted by Crippen LogP contribution is -2.37. The molecule has 115 valence electrons. The van der Waals surface area contributed by atoms with Gasteiger partial charge < -0.3 is 4.90 Å². The Balaban J connectivity index is 0.000000667. The second kappa shape index (κ2) is 10.6. The first-order valence-corrected chi connectivity index (χ1v) is 9.49. The summed E-state index contributed by atoms with van der Waals surface area (Å²) < 4.78 is 0. The highest BCUT2D eigenvalue weighted by molar-refractivity contribution is 8.13. The minimum atomic E-state index is 0. The maximum absolute atomic E-state index is 4.67. The molecule has 1 unspecified atom stereocenters. The number of amidine groups is 1. The number of hydrogen-bond donors (Lipinski definition) is 0. The molecule has 0 spiro atoms. The summed E-state index contributed by atoms with van der Waals surface area (Å²) >= 11 is 1.85. The largest absolute Gasteiger partial charge is 0.343 e. The van der Waals surface area contributed by atoms with E-state index in [-0.39, 0.29) is 8.41 Å². The summed E-state index contributed by atoms with van der Waals surface area (Å²) in [5, 5.41) is 1.33. The molecule has 0 aromatic heterocycles. The van der Waals surface area contributed by atoms with Crippen LogP contribution in [0.25, 0.3) is 0 Å². The van der Waals surface area contributed by atoms with E-state index in [0.29, 0.717) is 0 Å². The highest BCUT2D eigenvalue weighted by Gasteiger charge is 2.44. The van der Waals surface area contributed by atoms with Crippen LogP contribution in [0.15, 0.2) is 4.99 Å². The number of hydrogen-bond acceptors (Lipinski definition) is 3. The van der Waals surface area contributed by atoms with Crippen molar-refractivity contribution < 1.29 is 0 Å². The molecule has 2 nitrogen and oxygen atoms in total. The third-order valence-corrected chi connectivity index (χ3v) is 4.99. The Bertz CT molecular complexity index is 284. The van der Waals surface area contributed by atoms with Crippen molar-refractivity contribution >= 4 is 25.3 Å². The van der Waals surface area contributed by atoms with Gasteiger partial charge in [0.05, 0.1) is 12.6 Å². The standard InChI is InChI=1S/C12H20N2S.2C2H6.B/c1-15-12-13-8-10-7-9-5-3-2-4-6-11(9)14(10)12;2*1-2;/h9-11H,2-8H2,1H3;2*1-2H3;/t9-,10?,11+;;;/m0.../s1. The molecular weight excluding hydrogens is 263 g/mol. The van der Waals surface area contributed by atoms with E-state index in [2.05, 4.69) is 16.1 Å². The number of aliphatic imine (C=N–C) groups is 1. The van der Waals surface area contributed by atoms with Gasteiger partial charge in [0.15, 0.2) is 5.17 Å². The van der Waals surface area contributed by atoms with Crippen LogP contribution < -0.4 is 0 Å². The molecule has 0 bridgehead atoms. The zero-order valence-corrected chi connectivity index (χ0v) is 14.9. The van der Waals surface area contributed by atoms with Gasteiger partial charge in [-0.25, -0.2) is 0 Å². The molecule has 3 aliphatic rings. The van der Waals surface area contributed by atoms with Crippen molar-refractivity contribution in [3.63, 3.8) is 0 Å². The van der Waals surface area contributed by atoms with E-state index < -0.39 is 0 Å². The first-order chi connectivity index (χ1) is 9.40. The number of fused-ring (bicyclic) bond motifs is 3. The Labute approximate surface area is 132 Å². The predicted octanol–water partition coefficient (Wildman–Crippen LogP) is 4.41. The van der Waals surface area contributed by atoms with Crippen molar-refractivity contribution in [3.05, 3.63) is 0 Å². The Morgan fingerprint density at radius 3 is 2.35 bits per heavy atom. The molecular formula is C16H32BN2S. The summed E-state index contributed by atoms with van der Waals surface area (Å²) in [4.78, 5) is 7.33. The third kappa shape index (κ3) is 4.19. The van der Waals surface area contributed by atoms with Crippen LogP contribution in [0.1, 0.15) is 66.2 Å². The van der Waals surface area contributed by atoms with Gasteiger partial charge in [0.1, 0.15) is 0 Å². The molecule has 2 aliphatic heterocycles. The van der Waals surface area contributed by atoms with Crippen LogP contribution in [-0.4, -0.2) is 43.4 Å². The van der Waals surface area contributed by atoms with Gasteiger partial charge >= 0.3 is 0 Å². The Morgan fingerprint density at radius 1 is 1.05 bits per heavy atom. The fraction of sp³-hybridized carbons (Fsp3) is 0.938. The molecule has 1 aliphatic carbocycles. The molecule has 2 fully saturated rings. The molecule has 3 rings (SSSR count). The van der Waals surface area contributed by atoms with E-state index in [1.807, 2.05) is 39.5 Å². The summed E-state index contributed by atoms with van der Waals surface area (Å²) in [6.45, 7) is 9.07. The van der Waals surface area contributed by atoms with Crippen LogP contribution in [0.4, 0.5) is 0 Å². The second-order valence-corrected chi connectivity index (χ2v) is 5.86. The molecule has 0 aromatic rings. The van der Waals surface area contributed by atoms with Gasteiger partial charge in [0, 0.05) is 14.5 Å². The van der Waals surface area contributed by atoms with Crippen molar-refractivity contribution in [2.24, 2.45) is 10.9 Å². The summed E-state index contributed by atoms with van der Waals surface area (Å²) in [6.07, 6.45) is 10.8. The van der Waals surface area contributed by atoms with Gasteiger partial charge in [-0.3, -0.25) is 4.99 Å². The van der Waals surface area contributed by atoms with Crippen LogP contribution in [0.3, 0.4) is 0 Å². The number of nitrogens with zero attached hydrogens (tertiary/aromatic N) is 2. The van der Waals surface area contributed by atoms with E-state index in [4.69, 9.17) is 0 Å². The van der Waals surface area contributed by atoms with Crippen molar-refractivity contribution in [3.8, 4) is 0 Å². The lowest BCUT2D eigenvalue weighted by Gasteiger charge is -2.28. The van der Waals surface area contributed by atoms with E-state index in [1.165, 1.54) is 43.7 Å². The molecule has 3 radical (unpaired) electrons. The zero-order chi connectivity index (χ0) is 14.3. The summed E-state index contributed by atoms with van der Waals surface area (Å²) in [7, 11) is 0. The average molecular weight is 295 g/mol. The maximum Gasteiger partial charge on any atom is 0.159 e. The number of rotatable bonds is 0. The van der Waals surface area contributed by atoms with Crippen molar-refractivity contribution in [2.75, 3.05) is 12.8 Å². The van der Waals surface area contributed by atoms with E-state index in [9.17, 15) is 0 Å². The summed E-state index contributed by atoms with van der Waals surface area (Å²) in [6, 6.07) is 1.60.